The van der Waals surface area contributed by atoms with E-state index < -0.39 is 5.97 Å². The number of benzene rings is 1. The molecule has 0 spiro atoms. The third-order valence-electron chi connectivity index (χ3n) is 2.87. The molecule has 0 bridgehead atoms. The first-order valence-electron chi connectivity index (χ1n) is 6.72. The number of hydrogen-bond acceptors (Lipinski definition) is 4. The molecule has 2 aromatic rings. The van der Waals surface area contributed by atoms with Crippen LogP contribution in [0.5, 0.6) is 0 Å². The molecule has 6 heteroatoms. The Balaban J connectivity index is 1.96. The van der Waals surface area contributed by atoms with Gasteiger partial charge < -0.3 is 9.84 Å². The zero-order valence-corrected chi connectivity index (χ0v) is 11.7. The molecule has 20 heavy (non-hydrogen) atoms. The second-order valence-electron chi connectivity index (χ2n) is 5.14. The first-order chi connectivity index (χ1) is 9.58. The zero-order valence-electron chi connectivity index (χ0n) is 11.7. The van der Waals surface area contributed by atoms with Crippen LogP contribution in [0, 0.1) is 5.92 Å². The van der Waals surface area contributed by atoms with E-state index in [-0.39, 0.29) is 5.56 Å². The van der Waals surface area contributed by atoms with Crippen molar-refractivity contribution in [2.45, 2.75) is 26.8 Å². The topological polar surface area (TPSA) is 77.2 Å². The highest BCUT2D eigenvalue weighted by Gasteiger charge is 2.08. The fourth-order valence-corrected chi connectivity index (χ4v) is 1.91. The number of carboxylic acid groups (broad SMARTS) is 1. The van der Waals surface area contributed by atoms with E-state index in [0.29, 0.717) is 24.6 Å². The Morgan fingerprint density at radius 3 is 2.95 bits per heavy atom. The van der Waals surface area contributed by atoms with Crippen LogP contribution in [0.2, 0.25) is 0 Å². The van der Waals surface area contributed by atoms with E-state index in [1.165, 1.54) is 6.07 Å². The highest BCUT2D eigenvalue weighted by Crippen LogP contribution is 2.14. The number of aryl methyl sites for hydroxylation is 1. The molecule has 0 saturated heterocycles. The second kappa shape index (κ2) is 6.47. The summed E-state index contributed by atoms with van der Waals surface area (Å²) in [5.41, 5.74) is 1.68. The van der Waals surface area contributed by atoms with E-state index in [0.717, 1.165) is 18.5 Å². The number of aromatic carboxylic acids is 1. The standard InChI is InChI=1S/C14H19N3O3/c1-10(2)9-20-7-3-6-17-13-5-4-11(14(18)19)8-12(13)15-16-17/h4-5,8,10H,3,6-7,9H2,1-2H3,(H,18,19). The summed E-state index contributed by atoms with van der Waals surface area (Å²) in [5.74, 6) is -0.417. The lowest BCUT2D eigenvalue weighted by atomic mass is 10.2. The predicted molar refractivity (Wildman–Crippen MR) is 74.8 cm³/mol. The molecule has 0 atom stereocenters. The quantitative estimate of drug-likeness (QED) is 0.785. The molecule has 6 nitrogen and oxygen atoms in total. The van der Waals surface area contributed by atoms with Crippen molar-refractivity contribution in [3.8, 4) is 0 Å². The number of carbonyl (C=O) groups is 1. The summed E-state index contributed by atoms with van der Waals surface area (Å²) >= 11 is 0. The van der Waals surface area contributed by atoms with Crippen LogP contribution in [0.25, 0.3) is 11.0 Å². The first kappa shape index (κ1) is 14.5. The van der Waals surface area contributed by atoms with Crippen LogP contribution in [0.1, 0.15) is 30.6 Å². The van der Waals surface area contributed by atoms with Gasteiger partial charge in [0.05, 0.1) is 11.1 Å². The molecule has 0 aliphatic heterocycles. The summed E-state index contributed by atoms with van der Waals surface area (Å²) < 4.78 is 7.29. The molecular weight excluding hydrogens is 258 g/mol. The molecule has 1 aromatic carbocycles. The normalized spacial score (nSPS) is 11.3. The van der Waals surface area contributed by atoms with Crippen LogP contribution in [0.3, 0.4) is 0 Å². The summed E-state index contributed by atoms with van der Waals surface area (Å²) in [6.45, 7) is 6.39. The Labute approximate surface area is 117 Å². The summed E-state index contributed by atoms with van der Waals surface area (Å²) in [7, 11) is 0. The van der Waals surface area contributed by atoms with E-state index in [2.05, 4.69) is 24.2 Å². The lowest BCUT2D eigenvalue weighted by Gasteiger charge is -2.06. The molecule has 0 saturated carbocycles. The van der Waals surface area contributed by atoms with Crippen LogP contribution in [-0.4, -0.2) is 39.3 Å². The predicted octanol–water partition coefficient (Wildman–Crippen LogP) is 2.19. The van der Waals surface area contributed by atoms with Crippen molar-refractivity contribution < 1.29 is 14.6 Å². The van der Waals surface area contributed by atoms with Gasteiger partial charge in [-0.3, -0.25) is 0 Å². The Hall–Kier alpha value is -1.95. The lowest BCUT2D eigenvalue weighted by Crippen LogP contribution is -2.07. The number of hydrogen-bond donors (Lipinski definition) is 1. The molecule has 1 aromatic heterocycles. The maximum absolute atomic E-state index is 10.9. The van der Waals surface area contributed by atoms with Gasteiger partial charge in [-0.05, 0) is 30.5 Å². The zero-order chi connectivity index (χ0) is 14.5. The van der Waals surface area contributed by atoms with Gasteiger partial charge >= 0.3 is 5.97 Å². The van der Waals surface area contributed by atoms with Crippen molar-refractivity contribution >= 4 is 17.0 Å². The van der Waals surface area contributed by atoms with Crippen LogP contribution in [0.15, 0.2) is 18.2 Å². The fourth-order valence-electron chi connectivity index (χ4n) is 1.91. The van der Waals surface area contributed by atoms with E-state index >= 15 is 0 Å². The second-order valence-corrected chi connectivity index (χ2v) is 5.14. The number of rotatable bonds is 7. The van der Waals surface area contributed by atoms with Gasteiger partial charge in [0, 0.05) is 19.8 Å². The van der Waals surface area contributed by atoms with Gasteiger partial charge in [0.1, 0.15) is 5.52 Å². The van der Waals surface area contributed by atoms with Gasteiger partial charge in [0.15, 0.2) is 0 Å². The van der Waals surface area contributed by atoms with Crippen molar-refractivity contribution in [2.24, 2.45) is 5.92 Å². The number of nitrogens with zero attached hydrogens (tertiary/aromatic N) is 3. The molecule has 0 amide bonds. The molecule has 0 unspecified atom stereocenters. The monoisotopic (exact) mass is 277 g/mol. The minimum Gasteiger partial charge on any atom is -0.478 e. The van der Waals surface area contributed by atoms with Crippen LogP contribution in [0.4, 0.5) is 0 Å². The minimum absolute atomic E-state index is 0.227. The van der Waals surface area contributed by atoms with Gasteiger partial charge in [-0.25, -0.2) is 9.48 Å². The molecule has 2 rings (SSSR count). The third-order valence-corrected chi connectivity index (χ3v) is 2.87. The lowest BCUT2D eigenvalue weighted by molar-refractivity contribution is 0.0697. The molecule has 1 N–H and O–H groups in total. The smallest absolute Gasteiger partial charge is 0.335 e. The molecule has 0 aliphatic rings. The molecular formula is C14H19N3O3. The van der Waals surface area contributed by atoms with E-state index in [1.807, 2.05) is 0 Å². The Kier molecular flexibility index (Phi) is 4.68. The SMILES string of the molecule is CC(C)COCCCn1nnc2cc(C(=O)O)ccc21. The molecule has 0 aliphatic carbocycles. The largest absolute Gasteiger partial charge is 0.478 e. The van der Waals surface area contributed by atoms with Crippen molar-refractivity contribution in [1.29, 1.82) is 0 Å². The summed E-state index contributed by atoms with van der Waals surface area (Å²) in [6, 6.07) is 4.85. The van der Waals surface area contributed by atoms with Crippen molar-refractivity contribution in [2.75, 3.05) is 13.2 Å². The van der Waals surface area contributed by atoms with Crippen molar-refractivity contribution in [3.63, 3.8) is 0 Å². The van der Waals surface area contributed by atoms with Gasteiger partial charge in [-0.1, -0.05) is 19.1 Å². The van der Waals surface area contributed by atoms with Crippen LogP contribution < -0.4 is 0 Å². The molecule has 0 fully saturated rings. The molecule has 108 valence electrons. The Bertz CT molecular complexity index is 592. The fraction of sp³-hybridized carbons (Fsp3) is 0.500. The average Bonchev–Trinajstić information content (AvgIpc) is 2.80. The first-order valence-corrected chi connectivity index (χ1v) is 6.72. The number of ether oxygens (including phenoxy) is 1. The summed E-state index contributed by atoms with van der Waals surface area (Å²) in [5, 5.41) is 17.0. The Morgan fingerprint density at radius 2 is 2.25 bits per heavy atom. The van der Waals surface area contributed by atoms with Gasteiger partial charge in [0.25, 0.3) is 0 Å². The minimum atomic E-state index is -0.955. The number of aromatic nitrogens is 3. The van der Waals surface area contributed by atoms with Gasteiger partial charge in [-0.2, -0.15) is 0 Å². The van der Waals surface area contributed by atoms with Crippen molar-refractivity contribution in [1.82, 2.24) is 15.0 Å². The van der Waals surface area contributed by atoms with Gasteiger partial charge in [-0.15, -0.1) is 5.10 Å². The Morgan fingerprint density at radius 1 is 1.45 bits per heavy atom. The van der Waals surface area contributed by atoms with E-state index in [9.17, 15) is 4.79 Å². The van der Waals surface area contributed by atoms with Crippen molar-refractivity contribution in [3.05, 3.63) is 23.8 Å². The maximum Gasteiger partial charge on any atom is 0.335 e. The number of fused-ring (bicyclic) bond motifs is 1. The van der Waals surface area contributed by atoms with Crippen LogP contribution in [-0.2, 0) is 11.3 Å². The van der Waals surface area contributed by atoms with Gasteiger partial charge in [0.2, 0.25) is 0 Å². The molecule has 0 radical (unpaired) electrons. The third kappa shape index (κ3) is 3.54. The molecule has 1 heterocycles. The van der Waals surface area contributed by atoms with E-state index in [1.54, 1.807) is 16.8 Å². The maximum atomic E-state index is 10.9. The summed E-state index contributed by atoms with van der Waals surface area (Å²) in [4.78, 5) is 10.9. The highest BCUT2D eigenvalue weighted by molar-refractivity contribution is 5.92. The van der Waals surface area contributed by atoms with E-state index in [4.69, 9.17) is 9.84 Å². The highest BCUT2D eigenvalue weighted by atomic mass is 16.5. The average molecular weight is 277 g/mol. The van der Waals surface area contributed by atoms with Crippen LogP contribution >= 0.6 is 0 Å². The summed E-state index contributed by atoms with van der Waals surface area (Å²) in [6.07, 6.45) is 0.853. The number of carboxylic acids is 1.